The summed E-state index contributed by atoms with van der Waals surface area (Å²) in [6.07, 6.45) is 0. The number of hydrogen-bond acceptors (Lipinski definition) is 4. The van der Waals surface area contributed by atoms with E-state index >= 15 is 0 Å². The fraction of sp³-hybridized carbons (Fsp3) is 0.118. The van der Waals surface area contributed by atoms with E-state index in [9.17, 15) is 14.4 Å². The zero-order chi connectivity index (χ0) is 21.7. The molecule has 0 atom stereocenters. The third-order valence-corrected chi connectivity index (χ3v) is 3.55. The Kier molecular flexibility index (Phi) is 12.8. The van der Waals surface area contributed by atoms with Crippen LogP contribution in [-0.2, 0) is 9.59 Å². The second-order valence-corrected chi connectivity index (χ2v) is 6.09. The smallest absolute Gasteiger partial charge is 0.341 e. The average Bonchev–Trinajstić information content (AvgIpc) is 2.62. The zero-order valence-corrected chi connectivity index (χ0v) is 17.0. The van der Waals surface area contributed by atoms with Crippen molar-refractivity contribution in [3.63, 3.8) is 0 Å². The summed E-state index contributed by atoms with van der Waals surface area (Å²) in [5.41, 5.74) is 0.143. The van der Waals surface area contributed by atoms with E-state index in [0.717, 1.165) is 0 Å². The highest BCUT2D eigenvalue weighted by molar-refractivity contribution is 6.35. The third kappa shape index (κ3) is 11.5. The van der Waals surface area contributed by atoms with Crippen LogP contribution in [-0.4, -0.2) is 45.7 Å². The van der Waals surface area contributed by atoms with Crippen molar-refractivity contribution in [2.45, 2.75) is 0 Å². The molecule has 0 unspecified atom stereocenters. The van der Waals surface area contributed by atoms with Crippen molar-refractivity contribution < 1.29 is 34.4 Å². The first-order valence-electron chi connectivity index (χ1n) is 7.13. The number of halogens is 4. The minimum atomic E-state index is -1.05. The van der Waals surface area contributed by atoms with Crippen LogP contribution in [0.3, 0.4) is 0 Å². The van der Waals surface area contributed by atoms with Gasteiger partial charge >= 0.3 is 17.9 Å². The number of hydrogen-bond donors (Lipinski definition) is 3. The van der Waals surface area contributed by atoms with Crippen LogP contribution in [0.4, 0.5) is 0 Å². The molecule has 2 aromatic carbocycles. The molecule has 0 amide bonds. The molecule has 7 nitrogen and oxygen atoms in total. The largest absolute Gasteiger partial charge is 0.480 e. The Morgan fingerprint density at radius 2 is 1.43 bits per heavy atom. The maximum Gasteiger partial charge on any atom is 0.341 e. The van der Waals surface area contributed by atoms with E-state index in [-0.39, 0.29) is 16.5 Å². The van der Waals surface area contributed by atoms with Crippen LogP contribution in [0.1, 0.15) is 10.4 Å². The minimum Gasteiger partial charge on any atom is -0.480 e. The highest BCUT2D eigenvalue weighted by Crippen LogP contribution is 2.27. The molecule has 0 aromatic heterocycles. The summed E-state index contributed by atoms with van der Waals surface area (Å²) in [6, 6.07) is 10.9. The quantitative estimate of drug-likeness (QED) is 0.535. The molecule has 0 aliphatic heterocycles. The van der Waals surface area contributed by atoms with Gasteiger partial charge in [-0.3, -0.25) is 4.79 Å². The molecular formula is C17H14Cl4O7. The number of carbonyl (C=O) groups is 3. The third-order valence-electron chi connectivity index (χ3n) is 2.46. The summed E-state index contributed by atoms with van der Waals surface area (Å²) in [5, 5.41) is 25.4. The number of carboxylic acids is 3. The first kappa shape index (κ1) is 25.8. The van der Waals surface area contributed by atoms with E-state index in [1.807, 2.05) is 0 Å². The SMILES string of the molecule is O=C(O)CCl.O=C(O)COc1ccc(Cl)cc1Cl.O=C(O)c1ccccc1Cl. The molecule has 2 aromatic rings. The van der Waals surface area contributed by atoms with Crippen LogP contribution in [0.25, 0.3) is 0 Å². The van der Waals surface area contributed by atoms with Gasteiger partial charge in [0.15, 0.2) is 6.61 Å². The summed E-state index contributed by atoms with van der Waals surface area (Å²) in [5.74, 6) is -3.02. The first-order chi connectivity index (χ1) is 13.1. The molecule has 0 heterocycles. The van der Waals surface area contributed by atoms with E-state index in [1.165, 1.54) is 18.2 Å². The predicted molar refractivity (Wildman–Crippen MR) is 106 cm³/mol. The normalized spacial score (nSPS) is 9.14. The van der Waals surface area contributed by atoms with Gasteiger partial charge < -0.3 is 20.1 Å². The molecule has 0 aliphatic carbocycles. The molecule has 0 saturated heterocycles. The van der Waals surface area contributed by atoms with E-state index in [2.05, 4.69) is 0 Å². The van der Waals surface area contributed by atoms with Crippen molar-refractivity contribution in [1.82, 2.24) is 0 Å². The lowest BCUT2D eigenvalue weighted by molar-refractivity contribution is -0.139. The molecule has 0 fully saturated rings. The highest BCUT2D eigenvalue weighted by Gasteiger charge is 2.05. The van der Waals surface area contributed by atoms with Crippen molar-refractivity contribution in [3.8, 4) is 5.75 Å². The second kappa shape index (κ2) is 13.9. The van der Waals surface area contributed by atoms with Gasteiger partial charge in [0.2, 0.25) is 0 Å². The van der Waals surface area contributed by atoms with Gasteiger partial charge in [-0.2, -0.15) is 0 Å². The van der Waals surface area contributed by atoms with Crippen LogP contribution in [0.15, 0.2) is 42.5 Å². The Morgan fingerprint density at radius 1 is 0.857 bits per heavy atom. The Labute approximate surface area is 180 Å². The molecule has 3 N–H and O–H groups in total. The van der Waals surface area contributed by atoms with E-state index in [4.69, 9.17) is 66.5 Å². The molecular weight excluding hydrogens is 458 g/mol. The van der Waals surface area contributed by atoms with Crippen LogP contribution in [0.2, 0.25) is 15.1 Å². The summed E-state index contributed by atoms with van der Waals surface area (Å²) in [4.78, 5) is 29.7. The Bertz CT molecular complexity index is 812. The fourth-order valence-electron chi connectivity index (χ4n) is 1.37. The van der Waals surface area contributed by atoms with Crippen LogP contribution < -0.4 is 4.74 Å². The predicted octanol–water partition coefficient (Wildman–Crippen LogP) is 4.80. The summed E-state index contributed by atoms with van der Waals surface area (Å²) < 4.78 is 4.86. The van der Waals surface area contributed by atoms with Crippen molar-refractivity contribution in [1.29, 1.82) is 0 Å². The lowest BCUT2D eigenvalue weighted by atomic mass is 10.2. The maximum atomic E-state index is 10.3. The zero-order valence-electron chi connectivity index (χ0n) is 13.9. The summed E-state index contributed by atoms with van der Waals surface area (Å²) in [6.45, 7) is -0.415. The Morgan fingerprint density at radius 3 is 1.82 bits per heavy atom. The van der Waals surface area contributed by atoms with E-state index in [1.54, 1.807) is 24.3 Å². The van der Waals surface area contributed by atoms with Gasteiger partial charge in [0.1, 0.15) is 11.6 Å². The summed E-state index contributed by atoms with van der Waals surface area (Å²) in [7, 11) is 0. The van der Waals surface area contributed by atoms with E-state index < -0.39 is 24.5 Å². The molecule has 0 saturated carbocycles. The number of benzene rings is 2. The molecule has 0 aliphatic rings. The number of ether oxygens (including phenoxy) is 1. The molecule has 152 valence electrons. The van der Waals surface area contributed by atoms with Crippen molar-refractivity contribution in [2.24, 2.45) is 0 Å². The number of rotatable bonds is 5. The number of alkyl halides is 1. The van der Waals surface area contributed by atoms with Crippen LogP contribution in [0.5, 0.6) is 5.75 Å². The highest BCUT2D eigenvalue weighted by atomic mass is 35.5. The Balaban J connectivity index is 0.000000431. The standard InChI is InChI=1S/C8H6Cl2O3.C7H5ClO2.C2H3ClO2/c9-5-1-2-7(6(10)3-5)13-4-8(11)12;8-6-4-2-1-3-5(6)7(9)10;3-1-2(4)5/h1-3H,4H2,(H,11,12);1-4H,(H,9,10);1H2,(H,4,5). The van der Waals surface area contributed by atoms with Crippen molar-refractivity contribution in [3.05, 3.63) is 63.1 Å². The molecule has 0 bridgehead atoms. The van der Waals surface area contributed by atoms with Gasteiger partial charge in [-0.1, -0.05) is 46.9 Å². The lowest BCUT2D eigenvalue weighted by Crippen LogP contribution is -2.09. The fourth-order valence-corrected chi connectivity index (χ4v) is 2.05. The molecule has 0 radical (unpaired) electrons. The molecule has 2 rings (SSSR count). The van der Waals surface area contributed by atoms with Crippen LogP contribution in [0, 0.1) is 0 Å². The lowest BCUT2D eigenvalue weighted by Gasteiger charge is -2.04. The molecule has 11 heteroatoms. The maximum absolute atomic E-state index is 10.3. The topological polar surface area (TPSA) is 121 Å². The Hall–Kier alpha value is -2.19. The number of aliphatic carboxylic acids is 2. The molecule has 0 spiro atoms. The van der Waals surface area contributed by atoms with Gasteiger partial charge in [0.05, 0.1) is 15.6 Å². The monoisotopic (exact) mass is 470 g/mol. The van der Waals surface area contributed by atoms with Gasteiger partial charge in [-0.25, -0.2) is 9.59 Å². The molecule has 28 heavy (non-hydrogen) atoms. The van der Waals surface area contributed by atoms with Crippen molar-refractivity contribution >= 4 is 64.3 Å². The van der Waals surface area contributed by atoms with Gasteiger partial charge in [0.25, 0.3) is 0 Å². The van der Waals surface area contributed by atoms with Crippen molar-refractivity contribution in [2.75, 3.05) is 12.5 Å². The van der Waals surface area contributed by atoms with Gasteiger partial charge in [-0.05, 0) is 30.3 Å². The van der Waals surface area contributed by atoms with Gasteiger partial charge in [0, 0.05) is 5.02 Å². The first-order valence-corrected chi connectivity index (χ1v) is 8.80. The number of aromatic carboxylic acids is 1. The summed E-state index contributed by atoms with van der Waals surface area (Å²) >= 11 is 21.6. The van der Waals surface area contributed by atoms with Gasteiger partial charge in [-0.15, -0.1) is 11.6 Å². The minimum absolute atomic E-state index is 0.143. The van der Waals surface area contributed by atoms with Crippen LogP contribution >= 0.6 is 46.4 Å². The second-order valence-electron chi connectivity index (χ2n) is 4.57. The average molecular weight is 472 g/mol. The number of carboxylic acid groups (broad SMARTS) is 3. The van der Waals surface area contributed by atoms with E-state index in [0.29, 0.717) is 15.8 Å².